The molecule has 0 aliphatic rings. The van der Waals surface area contributed by atoms with E-state index < -0.39 is 15.8 Å². The molecule has 0 radical (unpaired) electrons. The zero-order chi connectivity index (χ0) is 14.8. The van der Waals surface area contributed by atoms with E-state index in [1.54, 1.807) is 29.6 Å². The second kappa shape index (κ2) is 6.22. The number of alkyl halides is 1. The highest BCUT2D eigenvalue weighted by molar-refractivity contribution is 7.89. The Morgan fingerprint density at radius 2 is 2.05 bits per heavy atom. The minimum Gasteiger partial charge on any atom is -0.207 e. The Labute approximate surface area is 126 Å². The van der Waals surface area contributed by atoms with Gasteiger partial charge in [-0.3, -0.25) is 0 Å². The van der Waals surface area contributed by atoms with Crippen molar-refractivity contribution in [1.82, 2.24) is 4.31 Å². The highest BCUT2D eigenvalue weighted by atomic mass is 35.5. The van der Waals surface area contributed by atoms with Crippen molar-refractivity contribution in [3.63, 3.8) is 0 Å². The van der Waals surface area contributed by atoms with Gasteiger partial charge in [0.15, 0.2) is 0 Å². The Bertz CT molecular complexity index is 700. The molecule has 0 spiro atoms. The van der Waals surface area contributed by atoms with Crippen LogP contribution in [0.5, 0.6) is 0 Å². The molecular weight excluding hydrogens is 321 g/mol. The molecule has 0 N–H and O–H groups in total. The van der Waals surface area contributed by atoms with E-state index in [-0.39, 0.29) is 17.3 Å². The number of nitrogens with zero attached hydrogens (tertiary/aromatic N) is 1. The van der Waals surface area contributed by atoms with Gasteiger partial charge in [0.1, 0.15) is 5.82 Å². The molecule has 0 aliphatic carbocycles. The van der Waals surface area contributed by atoms with Gasteiger partial charge in [-0.15, -0.1) is 22.9 Å². The lowest BCUT2D eigenvalue weighted by molar-refractivity contribution is 0.456. The summed E-state index contributed by atoms with van der Waals surface area (Å²) in [5.41, 5.74) is 0.339. The fourth-order valence-corrected chi connectivity index (χ4v) is 4.22. The van der Waals surface area contributed by atoms with Gasteiger partial charge in [0.2, 0.25) is 10.0 Å². The number of rotatable bonds is 5. The third kappa shape index (κ3) is 3.20. The van der Waals surface area contributed by atoms with Crippen molar-refractivity contribution < 1.29 is 12.8 Å². The summed E-state index contributed by atoms with van der Waals surface area (Å²) in [6.07, 6.45) is 0. The molecule has 20 heavy (non-hydrogen) atoms. The number of sulfonamides is 1. The van der Waals surface area contributed by atoms with E-state index in [1.165, 1.54) is 24.5 Å². The number of hydrogen-bond donors (Lipinski definition) is 0. The predicted molar refractivity (Wildman–Crippen MR) is 78.9 cm³/mol. The summed E-state index contributed by atoms with van der Waals surface area (Å²) in [6, 6.07) is 7.67. The third-order valence-electron chi connectivity index (χ3n) is 2.82. The van der Waals surface area contributed by atoms with Crippen LogP contribution >= 0.6 is 22.9 Å². The average molecular weight is 334 g/mol. The van der Waals surface area contributed by atoms with Crippen LogP contribution in [0.3, 0.4) is 0 Å². The summed E-state index contributed by atoms with van der Waals surface area (Å²) in [6.45, 7) is -0.0128. The summed E-state index contributed by atoms with van der Waals surface area (Å²) in [4.78, 5) is 0.974. The van der Waals surface area contributed by atoms with Gasteiger partial charge in [-0.25, -0.2) is 12.8 Å². The van der Waals surface area contributed by atoms with Gasteiger partial charge in [0, 0.05) is 29.4 Å². The van der Waals surface area contributed by atoms with Crippen LogP contribution in [-0.4, -0.2) is 19.8 Å². The lowest BCUT2D eigenvalue weighted by Crippen LogP contribution is -2.26. The number of halogens is 2. The SMILES string of the molecule is CN(Cc1ccccc1F)S(=O)(=O)c1csc(CCl)c1. The van der Waals surface area contributed by atoms with Crippen LogP contribution in [0.4, 0.5) is 4.39 Å². The fourth-order valence-electron chi connectivity index (χ4n) is 1.70. The van der Waals surface area contributed by atoms with Crippen molar-refractivity contribution in [3.05, 3.63) is 52.0 Å². The second-order valence-electron chi connectivity index (χ2n) is 4.23. The quantitative estimate of drug-likeness (QED) is 0.786. The molecule has 2 aromatic rings. The zero-order valence-corrected chi connectivity index (χ0v) is 13.1. The summed E-state index contributed by atoms with van der Waals surface area (Å²) in [5, 5.41) is 1.55. The standard InChI is InChI=1S/C13H13ClFNO2S2/c1-16(8-10-4-2-3-5-13(10)15)20(17,18)12-6-11(7-14)19-9-12/h2-6,9H,7-8H2,1H3. The molecule has 3 nitrogen and oxygen atoms in total. The molecule has 2 rings (SSSR count). The Hall–Kier alpha value is -0.950. The molecule has 1 heterocycles. The molecule has 108 valence electrons. The van der Waals surface area contributed by atoms with E-state index in [0.29, 0.717) is 5.56 Å². The van der Waals surface area contributed by atoms with Crippen molar-refractivity contribution >= 4 is 33.0 Å². The van der Waals surface area contributed by atoms with Gasteiger partial charge in [-0.1, -0.05) is 18.2 Å². The number of benzene rings is 1. The van der Waals surface area contributed by atoms with Gasteiger partial charge in [0.05, 0.1) is 10.8 Å². The molecule has 0 atom stereocenters. The molecule has 0 amide bonds. The van der Waals surface area contributed by atoms with Crippen LogP contribution in [0, 0.1) is 5.82 Å². The summed E-state index contributed by atoms with van der Waals surface area (Å²) < 4.78 is 39.4. The van der Waals surface area contributed by atoms with Crippen LogP contribution in [-0.2, 0) is 22.4 Å². The van der Waals surface area contributed by atoms with E-state index in [4.69, 9.17) is 11.6 Å². The van der Waals surface area contributed by atoms with Crippen molar-refractivity contribution in [2.75, 3.05) is 7.05 Å². The first-order valence-corrected chi connectivity index (χ1v) is 8.63. The van der Waals surface area contributed by atoms with E-state index in [1.807, 2.05) is 0 Å². The molecule has 0 saturated carbocycles. The van der Waals surface area contributed by atoms with Crippen molar-refractivity contribution in [2.45, 2.75) is 17.3 Å². The zero-order valence-electron chi connectivity index (χ0n) is 10.7. The van der Waals surface area contributed by atoms with Crippen LogP contribution in [0.1, 0.15) is 10.4 Å². The largest absolute Gasteiger partial charge is 0.243 e. The molecule has 1 aromatic heterocycles. The van der Waals surface area contributed by atoms with Gasteiger partial charge in [0.25, 0.3) is 0 Å². The maximum atomic E-state index is 13.6. The lowest BCUT2D eigenvalue weighted by atomic mass is 10.2. The molecular formula is C13H13ClFNO2S2. The molecule has 0 bridgehead atoms. The first-order chi connectivity index (χ1) is 9.45. The molecule has 0 aliphatic heterocycles. The highest BCUT2D eigenvalue weighted by Crippen LogP contribution is 2.24. The van der Waals surface area contributed by atoms with Gasteiger partial charge < -0.3 is 0 Å². The minimum atomic E-state index is -3.62. The summed E-state index contributed by atoms with van der Waals surface area (Å²) in [5.74, 6) is -0.140. The maximum absolute atomic E-state index is 13.6. The molecule has 1 aromatic carbocycles. The van der Waals surface area contributed by atoms with Gasteiger partial charge in [-0.2, -0.15) is 4.31 Å². The lowest BCUT2D eigenvalue weighted by Gasteiger charge is -2.16. The first kappa shape index (κ1) is 15.4. The average Bonchev–Trinajstić information content (AvgIpc) is 2.90. The Kier molecular flexibility index (Phi) is 4.80. The number of thiophene rings is 1. The van der Waals surface area contributed by atoms with E-state index in [9.17, 15) is 12.8 Å². The highest BCUT2D eigenvalue weighted by Gasteiger charge is 2.23. The third-order valence-corrected chi connectivity index (χ3v) is 6.13. The van der Waals surface area contributed by atoms with Crippen molar-refractivity contribution in [1.29, 1.82) is 0 Å². The van der Waals surface area contributed by atoms with Gasteiger partial charge >= 0.3 is 0 Å². The Morgan fingerprint density at radius 1 is 1.35 bits per heavy atom. The van der Waals surface area contributed by atoms with Crippen LogP contribution < -0.4 is 0 Å². The van der Waals surface area contributed by atoms with Crippen molar-refractivity contribution in [2.24, 2.45) is 0 Å². The monoisotopic (exact) mass is 333 g/mol. The van der Waals surface area contributed by atoms with E-state index in [2.05, 4.69) is 0 Å². The Balaban J connectivity index is 2.23. The molecule has 0 saturated heterocycles. The number of hydrogen-bond acceptors (Lipinski definition) is 3. The molecule has 0 fully saturated rings. The van der Waals surface area contributed by atoms with E-state index >= 15 is 0 Å². The summed E-state index contributed by atoms with van der Waals surface area (Å²) >= 11 is 6.96. The topological polar surface area (TPSA) is 37.4 Å². The normalized spacial score (nSPS) is 12.0. The maximum Gasteiger partial charge on any atom is 0.243 e. The van der Waals surface area contributed by atoms with Crippen LogP contribution in [0.15, 0.2) is 40.6 Å². The smallest absolute Gasteiger partial charge is 0.207 e. The van der Waals surface area contributed by atoms with Crippen LogP contribution in [0.25, 0.3) is 0 Å². The Morgan fingerprint density at radius 3 is 2.65 bits per heavy atom. The van der Waals surface area contributed by atoms with Gasteiger partial charge in [-0.05, 0) is 12.1 Å². The fraction of sp³-hybridized carbons (Fsp3) is 0.231. The minimum absolute atomic E-state index is 0.0128. The predicted octanol–water partition coefficient (Wildman–Crippen LogP) is 3.45. The second-order valence-corrected chi connectivity index (χ2v) is 7.54. The molecule has 7 heteroatoms. The van der Waals surface area contributed by atoms with E-state index in [0.717, 1.165) is 9.18 Å². The first-order valence-electron chi connectivity index (χ1n) is 5.78. The molecule has 0 unspecified atom stereocenters. The van der Waals surface area contributed by atoms with Crippen molar-refractivity contribution in [3.8, 4) is 0 Å². The van der Waals surface area contributed by atoms with Crippen LogP contribution in [0.2, 0.25) is 0 Å². The summed E-state index contributed by atoms with van der Waals surface area (Å²) in [7, 11) is -2.19.